The molecule has 2 aromatic heterocycles. The molecule has 2 N–H and O–H groups in total. The van der Waals surface area contributed by atoms with Crippen LogP contribution in [0.5, 0.6) is 5.88 Å². The zero-order chi connectivity index (χ0) is 16.4. The van der Waals surface area contributed by atoms with Gasteiger partial charge in [0, 0.05) is 7.05 Å². The number of aromatic nitrogens is 4. The summed E-state index contributed by atoms with van der Waals surface area (Å²) in [6.07, 6.45) is -0.192. The summed E-state index contributed by atoms with van der Waals surface area (Å²) in [5.74, 6) is -0.750. The smallest absolute Gasteiger partial charge is 0.362 e. The van der Waals surface area contributed by atoms with Crippen LogP contribution in [0.25, 0.3) is 11.2 Å². The van der Waals surface area contributed by atoms with Gasteiger partial charge in [-0.25, -0.2) is 9.78 Å². The number of nitrogen functional groups attached to an aromatic ring is 1. The van der Waals surface area contributed by atoms with Crippen LogP contribution in [0.4, 0.5) is 5.95 Å². The molecule has 2 heterocycles. The van der Waals surface area contributed by atoms with Crippen LogP contribution in [0.15, 0.2) is 4.79 Å². The van der Waals surface area contributed by atoms with Gasteiger partial charge in [0.05, 0.1) is 12.7 Å². The Morgan fingerprint density at radius 2 is 2.00 bits per heavy atom. The Bertz CT molecular complexity index is 784. The number of anilines is 1. The van der Waals surface area contributed by atoms with Gasteiger partial charge in [-0.1, -0.05) is 0 Å². The molecule has 0 radical (unpaired) electrons. The molecule has 118 valence electrons. The molecule has 0 saturated heterocycles. The average Bonchev–Trinajstić information content (AvgIpc) is 2.42. The van der Waals surface area contributed by atoms with Crippen molar-refractivity contribution in [2.75, 3.05) is 12.3 Å². The molecule has 0 aromatic carbocycles. The van der Waals surface area contributed by atoms with E-state index in [1.807, 2.05) is 0 Å². The number of aryl methyl sites for hydroxylation is 1. The number of hydrogen-bond donors (Lipinski definition) is 1. The van der Waals surface area contributed by atoms with Crippen molar-refractivity contribution in [3.05, 3.63) is 16.0 Å². The van der Waals surface area contributed by atoms with E-state index in [4.69, 9.17) is 15.2 Å². The zero-order valence-electron chi connectivity index (χ0n) is 12.8. The van der Waals surface area contributed by atoms with E-state index in [1.165, 1.54) is 11.6 Å². The standard InChI is InChI=1S/C13H17N5O4/c1-5-21-12(20)8-11(19)18(4)9-7(15-8)10(22-6(2)3)17-13(14)16-9/h6H,5H2,1-4H3,(H2,14,16,17). The summed E-state index contributed by atoms with van der Waals surface area (Å²) in [6.45, 7) is 5.38. The minimum atomic E-state index is -0.808. The molecule has 0 aliphatic carbocycles. The van der Waals surface area contributed by atoms with E-state index >= 15 is 0 Å². The van der Waals surface area contributed by atoms with E-state index in [9.17, 15) is 9.59 Å². The van der Waals surface area contributed by atoms with Crippen molar-refractivity contribution in [1.82, 2.24) is 19.5 Å². The molecule has 2 rings (SSSR count). The number of fused-ring (bicyclic) bond motifs is 1. The van der Waals surface area contributed by atoms with Crippen molar-refractivity contribution in [2.24, 2.45) is 7.05 Å². The molecule has 0 spiro atoms. The first-order valence-electron chi connectivity index (χ1n) is 6.73. The average molecular weight is 307 g/mol. The maximum atomic E-state index is 12.2. The normalized spacial score (nSPS) is 11.0. The predicted molar refractivity (Wildman–Crippen MR) is 78.7 cm³/mol. The summed E-state index contributed by atoms with van der Waals surface area (Å²) in [5, 5.41) is 0. The van der Waals surface area contributed by atoms with Crippen LogP contribution in [0.2, 0.25) is 0 Å². The zero-order valence-corrected chi connectivity index (χ0v) is 12.8. The van der Waals surface area contributed by atoms with Gasteiger partial charge in [0.15, 0.2) is 11.2 Å². The van der Waals surface area contributed by atoms with Crippen molar-refractivity contribution in [2.45, 2.75) is 26.9 Å². The minimum Gasteiger partial charge on any atom is -0.473 e. The minimum absolute atomic E-state index is 0.0520. The molecule has 9 nitrogen and oxygen atoms in total. The second-order valence-electron chi connectivity index (χ2n) is 4.77. The maximum Gasteiger partial charge on any atom is 0.362 e. The van der Waals surface area contributed by atoms with Crippen LogP contribution in [0.1, 0.15) is 31.3 Å². The van der Waals surface area contributed by atoms with Gasteiger partial charge in [-0.2, -0.15) is 9.97 Å². The molecular weight excluding hydrogens is 290 g/mol. The summed E-state index contributed by atoms with van der Waals surface area (Å²) >= 11 is 0. The molecule has 22 heavy (non-hydrogen) atoms. The van der Waals surface area contributed by atoms with E-state index in [2.05, 4.69) is 15.0 Å². The van der Waals surface area contributed by atoms with Crippen molar-refractivity contribution in [3.8, 4) is 5.88 Å². The van der Waals surface area contributed by atoms with E-state index < -0.39 is 11.5 Å². The van der Waals surface area contributed by atoms with Crippen molar-refractivity contribution >= 4 is 23.1 Å². The summed E-state index contributed by atoms with van der Waals surface area (Å²) in [4.78, 5) is 36.1. The third-order valence-electron chi connectivity index (χ3n) is 2.72. The van der Waals surface area contributed by atoms with Crippen LogP contribution in [-0.2, 0) is 11.8 Å². The third-order valence-corrected chi connectivity index (χ3v) is 2.72. The number of rotatable bonds is 4. The monoisotopic (exact) mass is 307 g/mol. The highest BCUT2D eigenvalue weighted by Crippen LogP contribution is 2.21. The molecular formula is C13H17N5O4. The van der Waals surface area contributed by atoms with E-state index in [0.29, 0.717) is 0 Å². The molecule has 0 amide bonds. The molecule has 0 fully saturated rings. The Labute approximate surface area is 126 Å². The fourth-order valence-corrected chi connectivity index (χ4v) is 1.82. The van der Waals surface area contributed by atoms with Gasteiger partial charge in [-0.05, 0) is 20.8 Å². The van der Waals surface area contributed by atoms with E-state index in [0.717, 1.165) is 0 Å². The van der Waals surface area contributed by atoms with Gasteiger partial charge in [0.25, 0.3) is 5.56 Å². The van der Waals surface area contributed by atoms with Crippen LogP contribution < -0.4 is 16.0 Å². The summed E-state index contributed by atoms with van der Waals surface area (Å²) < 4.78 is 11.5. The predicted octanol–water partition coefficient (Wildman–Crippen LogP) is 0.270. The van der Waals surface area contributed by atoms with Gasteiger partial charge in [-0.3, -0.25) is 9.36 Å². The topological polar surface area (TPSA) is 122 Å². The lowest BCUT2D eigenvalue weighted by Gasteiger charge is -2.13. The van der Waals surface area contributed by atoms with Crippen molar-refractivity contribution in [1.29, 1.82) is 0 Å². The highest BCUT2D eigenvalue weighted by Gasteiger charge is 2.21. The lowest BCUT2D eigenvalue weighted by Crippen LogP contribution is -2.28. The van der Waals surface area contributed by atoms with Gasteiger partial charge in [0.1, 0.15) is 0 Å². The maximum absolute atomic E-state index is 12.2. The fraction of sp³-hybridized carbons (Fsp3) is 0.462. The molecule has 0 aliphatic heterocycles. The number of nitrogens with two attached hydrogens (primary N) is 1. The highest BCUT2D eigenvalue weighted by molar-refractivity contribution is 5.90. The first kappa shape index (κ1) is 15.7. The number of carbonyl (C=O) groups excluding carboxylic acids is 1. The largest absolute Gasteiger partial charge is 0.473 e. The first-order chi connectivity index (χ1) is 10.3. The van der Waals surface area contributed by atoms with E-state index in [1.54, 1.807) is 20.8 Å². The van der Waals surface area contributed by atoms with Gasteiger partial charge >= 0.3 is 5.97 Å². The highest BCUT2D eigenvalue weighted by atomic mass is 16.5. The molecule has 0 saturated carbocycles. The number of hydrogen-bond acceptors (Lipinski definition) is 8. The lowest BCUT2D eigenvalue weighted by atomic mass is 10.3. The number of nitrogens with zero attached hydrogens (tertiary/aromatic N) is 4. The summed E-state index contributed by atoms with van der Waals surface area (Å²) in [7, 11) is 1.46. The van der Waals surface area contributed by atoms with Gasteiger partial charge in [0.2, 0.25) is 17.5 Å². The molecule has 9 heteroatoms. The van der Waals surface area contributed by atoms with E-state index in [-0.39, 0.29) is 41.4 Å². The van der Waals surface area contributed by atoms with Crippen LogP contribution >= 0.6 is 0 Å². The Morgan fingerprint density at radius 3 is 2.59 bits per heavy atom. The number of carbonyl (C=O) groups is 1. The molecule has 0 aliphatic rings. The molecule has 0 atom stereocenters. The van der Waals surface area contributed by atoms with Crippen molar-refractivity contribution < 1.29 is 14.3 Å². The fourth-order valence-electron chi connectivity index (χ4n) is 1.82. The summed E-state index contributed by atoms with van der Waals surface area (Å²) in [6, 6.07) is 0. The second kappa shape index (κ2) is 5.96. The first-order valence-corrected chi connectivity index (χ1v) is 6.73. The molecule has 2 aromatic rings. The Kier molecular flexibility index (Phi) is 4.25. The van der Waals surface area contributed by atoms with Crippen LogP contribution in [0.3, 0.4) is 0 Å². The van der Waals surface area contributed by atoms with Crippen LogP contribution in [0, 0.1) is 0 Å². The van der Waals surface area contributed by atoms with Gasteiger partial charge in [-0.15, -0.1) is 0 Å². The Hall–Kier alpha value is -2.71. The third kappa shape index (κ3) is 2.83. The SMILES string of the molecule is CCOC(=O)c1nc2c(OC(C)C)nc(N)nc2n(C)c1=O. The summed E-state index contributed by atoms with van der Waals surface area (Å²) in [5.41, 5.74) is 5.01. The molecule has 0 bridgehead atoms. The number of esters is 1. The second-order valence-corrected chi connectivity index (χ2v) is 4.77. The molecule has 0 unspecified atom stereocenters. The lowest BCUT2D eigenvalue weighted by molar-refractivity contribution is 0.0517. The Morgan fingerprint density at radius 1 is 1.32 bits per heavy atom. The van der Waals surface area contributed by atoms with Gasteiger partial charge < -0.3 is 15.2 Å². The quantitative estimate of drug-likeness (QED) is 0.798. The number of ether oxygens (including phenoxy) is 2. The Balaban J connectivity index is 2.77. The van der Waals surface area contributed by atoms with Crippen LogP contribution in [-0.4, -0.2) is 38.2 Å². The van der Waals surface area contributed by atoms with Crippen molar-refractivity contribution in [3.63, 3.8) is 0 Å².